The van der Waals surface area contributed by atoms with Gasteiger partial charge in [-0.15, -0.1) is 0 Å². The first-order valence-electron chi connectivity index (χ1n) is 7.60. The number of benzene rings is 2. The van der Waals surface area contributed by atoms with Crippen LogP contribution in [0.4, 0.5) is 0 Å². The van der Waals surface area contributed by atoms with E-state index in [0.717, 1.165) is 28.4 Å². The maximum absolute atomic E-state index is 5.82. The molecule has 2 aromatic carbocycles. The third-order valence-electron chi connectivity index (χ3n) is 3.15. The van der Waals surface area contributed by atoms with Crippen LogP contribution in [0.2, 0.25) is 0 Å². The fourth-order valence-corrected chi connectivity index (χ4v) is 2.12. The smallest absolute Gasteiger partial charge is 0.123 e. The molecule has 122 valence electrons. The molecule has 0 atom stereocenters. The predicted molar refractivity (Wildman–Crippen MR) is 95.3 cm³/mol. The lowest BCUT2D eigenvalue weighted by Gasteiger charge is -2.21. The SMILES string of the molecule is COc1cc(/C=C/c2ccc(OC(C)(C)C)cc2)cc(OC)c1. The van der Waals surface area contributed by atoms with E-state index in [4.69, 9.17) is 14.2 Å². The van der Waals surface area contributed by atoms with Crippen molar-refractivity contribution >= 4 is 12.2 Å². The van der Waals surface area contributed by atoms with Crippen LogP contribution in [0.3, 0.4) is 0 Å². The van der Waals surface area contributed by atoms with Gasteiger partial charge in [0.2, 0.25) is 0 Å². The summed E-state index contributed by atoms with van der Waals surface area (Å²) in [6.07, 6.45) is 4.08. The van der Waals surface area contributed by atoms with E-state index in [0.29, 0.717) is 0 Å². The van der Waals surface area contributed by atoms with Crippen LogP contribution in [0.25, 0.3) is 12.2 Å². The third-order valence-corrected chi connectivity index (χ3v) is 3.15. The van der Waals surface area contributed by atoms with Gasteiger partial charge in [-0.25, -0.2) is 0 Å². The minimum absolute atomic E-state index is 0.186. The maximum Gasteiger partial charge on any atom is 0.123 e. The Morgan fingerprint density at radius 2 is 1.22 bits per heavy atom. The van der Waals surface area contributed by atoms with Crippen LogP contribution in [0, 0.1) is 0 Å². The van der Waals surface area contributed by atoms with Crippen LogP contribution in [0.15, 0.2) is 42.5 Å². The summed E-state index contributed by atoms with van der Waals surface area (Å²) in [6.45, 7) is 6.12. The number of rotatable bonds is 5. The van der Waals surface area contributed by atoms with Crippen molar-refractivity contribution in [3.05, 3.63) is 53.6 Å². The monoisotopic (exact) mass is 312 g/mol. The normalized spacial score (nSPS) is 11.5. The molecule has 0 spiro atoms. The van der Waals surface area contributed by atoms with Gasteiger partial charge >= 0.3 is 0 Å². The van der Waals surface area contributed by atoms with Crippen molar-refractivity contribution in [2.45, 2.75) is 26.4 Å². The first kappa shape index (κ1) is 16.9. The van der Waals surface area contributed by atoms with Gasteiger partial charge in [-0.2, -0.15) is 0 Å². The van der Waals surface area contributed by atoms with Gasteiger partial charge in [0.1, 0.15) is 22.8 Å². The summed E-state index contributed by atoms with van der Waals surface area (Å²) in [4.78, 5) is 0. The number of methoxy groups -OCH3 is 2. The van der Waals surface area contributed by atoms with Gasteiger partial charge in [0.25, 0.3) is 0 Å². The van der Waals surface area contributed by atoms with Gasteiger partial charge in [-0.1, -0.05) is 24.3 Å². The lowest BCUT2D eigenvalue weighted by molar-refractivity contribution is 0.131. The van der Waals surface area contributed by atoms with E-state index < -0.39 is 0 Å². The minimum atomic E-state index is -0.186. The molecular formula is C20H24O3. The van der Waals surface area contributed by atoms with Crippen LogP contribution >= 0.6 is 0 Å². The fraction of sp³-hybridized carbons (Fsp3) is 0.300. The van der Waals surface area contributed by atoms with Crippen LogP contribution in [-0.2, 0) is 0 Å². The van der Waals surface area contributed by atoms with E-state index in [1.165, 1.54) is 0 Å². The summed E-state index contributed by atoms with van der Waals surface area (Å²) >= 11 is 0. The first-order chi connectivity index (χ1) is 10.9. The molecule has 0 aromatic heterocycles. The molecule has 0 fully saturated rings. The second-order valence-electron chi connectivity index (χ2n) is 6.26. The Morgan fingerprint density at radius 3 is 1.70 bits per heavy atom. The van der Waals surface area contributed by atoms with Crippen molar-refractivity contribution in [1.29, 1.82) is 0 Å². The van der Waals surface area contributed by atoms with Gasteiger partial charge < -0.3 is 14.2 Å². The summed E-state index contributed by atoms with van der Waals surface area (Å²) in [5.74, 6) is 2.42. The Hall–Kier alpha value is -2.42. The van der Waals surface area contributed by atoms with Crippen LogP contribution in [0.5, 0.6) is 17.2 Å². The summed E-state index contributed by atoms with van der Waals surface area (Å²) < 4.78 is 16.4. The Bertz CT molecular complexity index is 642. The molecule has 0 aliphatic rings. The topological polar surface area (TPSA) is 27.7 Å². The Balaban J connectivity index is 2.14. The summed E-state index contributed by atoms with van der Waals surface area (Å²) in [6, 6.07) is 13.8. The maximum atomic E-state index is 5.82. The highest BCUT2D eigenvalue weighted by Crippen LogP contribution is 2.24. The molecule has 0 radical (unpaired) electrons. The van der Waals surface area contributed by atoms with E-state index >= 15 is 0 Å². The summed E-state index contributed by atoms with van der Waals surface area (Å²) in [5.41, 5.74) is 1.94. The average Bonchev–Trinajstić information content (AvgIpc) is 2.52. The van der Waals surface area contributed by atoms with Crippen molar-refractivity contribution in [2.75, 3.05) is 14.2 Å². The summed E-state index contributed by atoms with van der Waals surface area (Å²) in [7, 11) is 3.30. The molecule has 0 saturated heterocycles. The Morgan fingerprint density at radius 1 is 0.696 bits per heavy atom. The van der Waals surface area contributed by atoms with Crippen molar-refractivity contribution in [3.63, 3.8) is 0 Å². The molecule has 0 heterocycles. The second-order valence-corrected chi connectivity index (χ2v) is 6.26. The van der Waals surface area contributed by atoms with Crippen LogP contribution in [0.1, 0.15) is 31.9 Å². The molecule has 2 rings (SSSR count). The fourth-order valence-electron chi connectivity index (χ4n) is 2.12. The lowest BCUT2D eigenvalue weighted by Crippen LogP contribution is -2.22. The van der Waals surface area contributed by atoms with E-state index in [1.807, 2.05) is 69.3 Å². The van der Waals surface area contributed by atoms with Gasteiger partial charge in [-0.05, 0) is 56.2 Å². The Kier molecular flexibility index (Phi) is 5.32. The highest BCUT2D eigenvalue weighted by Gasteiger charge is 2.10. The average molecular weight is 312 g/mol. The molecule has 0 aliphatic heterocycles. The first-order valence-corrected chi connectivity index (χ1v) is 7.60. The number of hydrogen-bond donors (Lipinski definition) is 0. The molecule has 0 bridgehead atoms. The molecule has 3 nitrogen and oxygen atoms in total. The largest absolute Gasteiger partial charge is 0.497 e. The van der Waals surface area contributed by atoms with E-state index in [1.54, 1.807) is 14.2 Å². The van der Waals surface area contributed by atoms with E-state index in [9.17, 15) is 0 Å². The molecule has 0 amide bonds. The van der Waals surface area contributed by atoms with Gasteiger partial charge in [0.15, 0.2) is 0 Å². The minimum Gasteiger partial charge on any atom is -0.497 e. The van der Waals surface area contributed by atoms with Gasteiger partial charge in [-0.3, -0.25) is 0 Å². The second kappa shape index (κ2) is 7.23. The molecule has 0 unspecified atom stereocenters. The number of ether oxygens (including phenoxy) is 3. The van der Waals surface area contributed by atoms with Crippen molar-refractivity contribution in [1.82, 2.24) is 0 Å². The predicted octanol–water partition coefficient (Wildman–Crippen LogP) is 5.05. The van der Waals surface area contributed by atoms with Crippen molar-refractivity contribution in [3.8, 4) is 17.2 Å². The zero-order valence-electron chi connectivity index (χ0n) is 14.4. The lowest BCUT2D eigenvalue weighted by atomic mass is 10.1. The van der Waals surface area contributed by atoms with E-state index in [-0.39, 0.29) is 5.60 Å². The third kappa shape index (κ3) is 5.37. The highest BCUT2D eigenvalue weighted by molar-refractivity contribution is 5.71. The highest BCUT2D eigenvalue weighted by atomic mass is 16.5. The molecular weight excluding hydrogens is 288 g/mol. The molecule has 3 heteroatoms. The zero-order valence-corrected chi connectivity index (χ0v) is 14.4. The van der Waals surface area contributed by atoms with E-state index in [2.05, 4.69) is 6.08 Å². The number of hydrogen-bond acceptors (Lipinski definition) is 3. The molecule has 0 N–H and O–H groups in total. The zero-order chi connectivity index (χ0) is 16.9. The van der Waals surface area contributed by atoms with Gasteiger partial charge in [0, 0.05) is 6.07 Å². The van der Waals surface area contributed by atoms with Gasteiger partial charge in [0.05, 0.1) is 14.2 Å². The standard InChI is InChI=1S/C20H24O3/c1-20(2,3)23-17-10-8-15(9-11-17)6-7-16-12-18(21-4)14-19(13-16)22-5/h6-14H,1-5H3/b7-6+. The summed E-state index contributed by atoms with van der Waals surface area (Å²) in [5, 5.41) is 0. The van der Waals surface area contributed by atoms with Crippen LogP contribution < -0.4 is 14.2 Å². The molecule has 2 aromatic rings. The molecule has 0 saturated carbocycles. The van der Waals surface area contributed by atoms with Crippen molar-refractivity contribution in [2.24, 2.45) is 0 Å². The van der Waals surface area contributed by atoms with Crippen LogP contribution in [-0.4, -0.2) is 19.8 Å². The Labute approximate surface area is 138 Å². The quantitative estimate of drug-likeness (QED) is 0.723. The molecule has 23 heavy (non-hydrogen) atoms. The molecule has 0 aliphatic carbocycles. The van der Waals surface area contributed by atoms with Crippen molar-refractivity contribution < 1.29 is 14.2 Å².